The molecule has 0 radical (unpaired) electrons. The van der Waals surface area contributed by atoms with Gasteiger partial charge in [-0.2, -0.15) is 0 Å². The minimum Gasteiger partial charge on any atom is -0.493 e. The zero-order chi connectivity index (χ0) is 13.0. The number of rotatable bonds is 5. The average molecular weight is 252 g/mol. The van der Waals surface area contributed by atoms with Crippen LogP contribution in [0.2, 0.25) is 0 Å². The van der Waals surface area contributed by atoms with E-state index in [0.717, 1.165) is 24.3 Å². The third-order valence-corrected chi connectivity index (χ3v) is 2.97. The molecule has 1 aliphatic heterocycles. The Morgan fingerprint density at radius 3 is 2.94 bits per heavy atom. The van der Waals surface area contributed by atoms with Crippen molar-refractivity contribution >= 4 is 0 Å². The molecule has 4 nitrogen and oxygen atoms in total. The Bertz CT molecular complexity index is 383. The predicted molar refractivity (Wildman–Crippen MR) is 68.2 cm³/mol. The van der Waals surface area contributed by atoms with Gasteiger partial charge < -0.3 is 19.3 Å². The van der Waals surface area contributed by atoms with Crippen LogP contribution in [0.5, 0.6) is 11.5 Å². The summed E-state index contributed by atoms with van der Waals surface area (Å²) in [5.74, 6) is 1.44. The van der Waals surface area contributed by atoms with E-state index >= 15 is 0 Å². The molecule has 2 unspecified atom stereocenters. The number of ether oxygens (including phenoxy) is 3. The first-order valence-electron chi connectivity index (χ1n) is 6.29. The minimum absolute atomic E-state index is 0.0778. The van der Waals surface area contributed by atoms with Gasteiger partial charge in [0.1, 0.15) is 6.10 Å². The molecule has 2 rings (SSSR count). The molecule has 0 bridgehead atoms. The van der Waals surface area contributed by atoms with E-state index in [1.54, 1.807) is 14.0 Å². The summed E-state index contributed by atoms with van der Waals surface area (Å²) in [5, 5.41) is 9.53. The van der Waals surface area contributed by atoms with E-state index in [1.165, 1.54) is 0 Å². The van der Waals surface area contributed by atoms with Crippen molar-refractivity contribution in [3.05, 3.63) is 23.8 Å². The number of benzene rings is 1. The lowest BCUT2D eigenvalue weighted by molar-refractivity contribution is 0.136. The molecule has 100 valence electrons. The van der Waals surface area contributed by atoms with Crippen LogP contribution in [-0.2, 0) is 11.2 Å². The first-order chi connectivity index (χ1) is 8.70. The van der Waals surface area contributed by atoms with Crippen LogP contribution in [-0.4, -0.2) is 37.6 Å². The lowest BCUT2D eigenvalue weighted by Crippen LogP contribution is -2.18. The maximum absolute atomic E-state index is 9.53. The second-order valence-electron chi connectivity index (χ2n) is 4.61. The maximum atomic E-state index is 9.53. The van der Waals surface area contributed by atoms with Crippen molar-refractivity contribution in [1.82, 2.24) is 0 Å². The van der Waals surface area contributed by atoms with Gasteiger partial charge in [0.2, 0.25) is 0 Å². The van der Waals surface area contributed by atoms with E-state index in [1.807, 2.05) is 18.2 Å². The van der Waals surface area contributed by atoms with Crippen molar-refractivity contribution in [3.8, 4) is 11.5 Å². The summed E-state index contributed by atoms with van der Waals surface area (Å²) in [6, 6.07) is 5.74. The predicted octanol–water partition coefficient (Wildman–Crippen LogP) is 1.79. The highest BCUT2D eigenvalue weighted by Crippen LogP contribution is 2.33. The molecule has 0 aromatic heterocycles. The molecule has 1 aromatic carbocycles. The Hall–Kier alpha value is -1.26. The van der Waals surface area contributed by atoms with Crippen LogP contribution < -0.4 is 9.47 Å². The first kappa shape index (κ1) is 13.2. The van der Waals surface area contributed by atoms with Gasteiger partial charge in [-0.1, -0.05) is 12.1 Å². The fourth-order valence-electron chi connectivity index (χ4n) is 2.11. The molecule has 0 amide bonds. The second-order valence-corrected chi connectivity index (χ2v) is 4.61. The van der Waals surface area contributed by atoms with Crippen LogP contribution in [0.25, 0.3) is 0 Å². The van der Waals surface area contributed by atoms with E-state index in [0.29, 0.717) is 18.8 Å². The molecule has 1 fully saturated rings. The van der Waals surface area contributed by atoms with Gasteiger partial charge in [-0.3, -0.25) is 0 Å². The summed E-state index contributed by atoms with van der Waals surface area (Å²) in [6.45, 7) is 3.12. The molecular weight excluding hydrogens is 232 g/mol. The van der Waals surface area contributed by atoms with Crippen molar-refractivity contribution < 1.29 is 19.3 Å². The molecule has 1 N–H and O–H groups in total. The third-order valence-electron chi connectivity index (χ3n) is 2.97. The summed E-state index contributed by atoms with van der Waals surface area (Å²) in [5.41, 5.74) is 0.969. The van der Waals surface area contributed by atoms with Crippen LogP contribution in [0.15, 0.2) is 18.2 Å². The number of hydrogen-bond acceptors (Lipinski definition) is 4. The Balaban J connectivity index is 2.22. The Morgan fingerprint density at radius 2 is 2.33 bits per heavy atom. The van der Waals surface area contributed by atoms with Crippen molar-refractivity contribution in [3.63, 3.8) is 0 Å². The highest BCUT2D eigenvalue weighted by atomic mass is 16.6. The maximum Gasteiger partial charge on any atom is 0.164 e. The zero-order valence-electron chi connectivity index (χ0n) is 10.9. The van der Waals surface area contributed by atoms with Gasteiger partial charge in [-0.15, -0.1) is 0 Å². The van der Waals surface area contributed by atoms with E-state index in [-0.39, 0.29) is 6.10 Å². The molecule has 18 heavy (non-hydrogen) atoms. The fraction of sp³-hybridized carbons (Fsp3) is 0.571. The SMILES string of the molecule is COc1cccc(CC(C)O)c1OC1CCOC1. The highest BCUT2D eigenvalue weighted by molar-refractivity contribution is 5.47. The van der Waals surface area contributed by atoms with Crippen LogP contribution >= 0.6 is 0 Å². The van der Waals surface area contributed by atoms with E-state index in [9.17, 15) is 5.11 Å². The van der Waals surface area contributed by atoms with Gasteiger partial charge in [0.25, 0.3) is 0 Å². The monoisotopic (exact) mass is 252 g/mol. The third kappa shape index (κ3) is 3.15. The smallest absolute Gasteiger partial charge is 0.164 e. The van der Waals surface area contributed by atoms with Gasteiger partial charge in [-0.25, -0.2) is 0 Å². The Morgan fingerprint density at radius 1 is 1.50 bits per heavy atom. The first-order valence-corrected chi connectivity index (χ1v) is 6.29. The largest absolute Gasteiger partial charge is 0.493 e. The lowest BCUT2D eigenvalue weighted by Gasteiger charge is -2.19. The second kappa shape index (κ2) is 6.07. The van der Waals surface area contributed by atoms with Gasteiger partial charge >= 0.3 is 0 Å². The van der Waals surface area contributed by atoms with Crippen LogP contribution in [0.1, 0.15) is 18.9 Å². The van der Waals surface area contributed by atoms with Gasteiger partial charge in [0.15, 0.2) is 11.5 Å². The molecule has 1 saturated heterocycles. The lowest BCUT2D eigenvalue weighted by atomic mass is 10.1. The van der Waals surface area contributed by atoms with Crippen LogP contribution in [0, 0.1) is 0 Å². The number of aliphatic hydroxyl groups excluding tert-OH is 1. The van der Waals surface area contributed by atoms with E-state index in [4.69, 9.17) is 14.2 Å². The fourth-order valence-corrected chi connectivity index (χ4v) is 2.11. The van der Waals surface area contributed by atoms with Gasteiger partial charge in [0.05, 0.1) is 26.4 Å². The number of hydrogen-bond donors (Lipinski definition) is 1. The number of methoxy groups -OCH3 is 1. The van der Waals surface area contributed by atoms with Gasteiger partial charge in [0, 0.05) is 18.4 Å². The Kier molecular flexibility index (Phi) is 4.44. The molecule has 2 atom stereocenters. The summed E-state index contributed by atoms with van der Waals surface area (Å²) in [4.78, 5) is 0. The summed E-state index contributed by atoms with van der Waals surface area (Å²) in [6.07, 6.45) is 1.13. The molecule has 0 saturated carbocycles. The Labute approximate surface area is 107 Å². The number of para-hydroxylation sites is 1. The van der Waals surface area contributed by atoms with Crippen molar-refractivity contribution in [2.45, 2.75) is 32.0 Å². The van der Waals surface area contributed by atoms with E-state index < -0.39 is 6.10 Å². The minimum atomic E-state index is -0.403. The van der Waals surface area contributed by atoms with Crippen LogP contribution in [0.4, 0.5) is 0 Å². The summed E-state index contributed by atoms with van der Waals surface area (Å²) < 4.78 is 16.6. The van der Waals surface area contributed by atoms with Crippen molar-refractivity contribution in [1.29, 1.82) is 0 Å². The van der Waals surface area contributed by atoms with E-state index in [2.05, 4.69) is 0 Å². The quantitative estimate of drug-likeness (QED) is 0.868. The molecule has 1 aliphatic rings. The average Bonchev–Trinajstić information content (AvgIpc) is 2.83. The van der Waals surface area contributed by atoms with Crippen molar-refractivity contribution in [2.24, 2.45) is 0 Å². The molecule has 1 aromatic rings. The molecular formula is C14H20O4. The summed E-state index contributed by atoms with van der Waals surface area (Å²) >= 11 is 0. The zero-order valence-corrected chi connectivity index (χ0v) is 10.9. The molecule has 1 heterocycles. The molecule has 4 heteroatoms. The topological polar surface area (TPSA) is 47.9 Å². The summed E-state index contributed by atoms with van der Waals surface area (Å²) in [7, 11) is 1.62. The standard InChI is InChI=1S/C14H20O4/c1-10(15)8-11-4-3-5-13(16-2)14(11)18-12-6-7-17-9-12/h3-5,10,12,15H,6-9H2,1-2H3. The molecule has 0 spiro atoms. The van der Waals surface area contributed by atoms with Gasteiger partial charge in [-0.05, 0) is 13.0 Å². The normalized spacial score (nSPS) is 20.7. The van der Waals surface area contributed by atoms with Crippen molar-refractivity contribution in [2.75, 3.05) is 20.3 Å². The highest BCUT2D eigenvalue weighted by Gasteiger charge is 2.21. The molecule has 0 aliphatic carbocycles. The number of aliphatic hydroxyl groups is 1. The van der Waals surface area contributed by atoms with Crippen LogP contribution in [0.3, 0.4) is 0 Å².